The highest BCUT2D eigenvalue weighted by atomic mass is 32.1. The topological polar surface area (TPSA) is 29.9 Å². The summed E-state index contributed by atoms with van der Waals surface area (Å²) in [6.07, 6.45) is 3.22. The van der Waals surface area contributed by atoms with Crippen LogP contribution in [0, 0.1) is 6.92 Å². The smallest absolute Gasteiger partial charge is 0.0797 e. The van der Waals surface area contributed by atoms with Crippen molar-refractivity contribution >= 4 is 11.3 Å². The summed E-state index contributed by atoms with van der Waals surface area (Å²) in [5.74, 6) is 0. The maximum absolute atomic E-state index is 4.29. The van der Waals surface area contributed by atoms with Crippen molar-refractivity contribution in [2.24, 2.45) is 0 Å². The Morgan fingerprint density at radius 2 is 2.35 bits per heavy atom. The lowest BCUT2D eigenvalue weighted by molar-refractivity contribution is 0.568. The molecule has 0 fully saturated rings. The van der Waals surface area contributed by atoms with Crippen LogP contribution in [0.1, 0.15) is 29.2 Å². The van der Waals surface area contributed by atoms with Crippen LogP contribution in [0.25, 0.3) is 0 Å². The molecule has 0 amide bonds. The van der Waals surface area contributed by atoms with E-state index in [9.17, 15) is 0 Å². The average molecular weight is 249 g/mol. The first-order valence-electron chi connectivity index (χ1n) is 5.93. The molecule has 17 heavy (non-hydrogen) atoms. The Morgan fingerprint density at radius 1 is 1.53 bits per heavy atom. The van der Waals surface area contributed by atoms with Gasteiger partial charge >= 0.3 is 0 Å². The molecule has 0 aromatic carbocycles. The summed E-state index contributed by atoms with van der Waals surface area (Å²) < 4.78 is 2.32. The van der Waals surface area contributed by atoms with Crippen LogP contribution in [0.4, 0.5) is 0 Å². The second kappa shape index (κ2) is 5.47. The van der Waals surface area contributed by atoms with Gasteiger partial charge in [0.1, 0.15) is 0 Å². The van der Waals surface area contributed by atoms with E-state index in [0.29, 0.717) is 6.04 Å². The van der Waals surface area contributed by atoms with Crippen LogP contribution in [0.15, 0.2) is 23.8 Å². The van der Waals surface area contributed by atoms with Crippen molar-refractivity contribution in [1.29, 1.82) is 0 Å². The molecule has 3 nitrogen and oxygen atoms in total. The van der Waals surface area contributed by atoms with Gasteiger partial charge < -0.3 is 9.88 Å². The average Bonchev–Trinajstić information content (AvgIpc) is 2.94. The standard InChI is InChI=1S/C13H19N3S/c1-10(14-3)12-5-4-7-16(12)8-6-13-11(2)15-9-17-13/h4-5,7,9-10,14H,6,8H2,1-3H3. The van der Waals surface area contributed by atoms with Gasteiger partial charge in [0.15, 0.2) is 0 Å². The number of nitrogens with zero attached hydrogens (tertiary/aromatic N) is 2. The van der Waals surface area contributed by atoms with Crippen molar-refractivity contribution in [2.45, 2.75) is 32.9 Å². The highest BCUT2D eigenvalue weighted by Gasteiger charge is 2.08. The number of aromatic nitrogens is 2. The third-order valence-corrected chi connectivity index (χ3v) is 4.16. The van der Waals surface area contributed by atoms with Crippen molar-refractivity contribution in [3.05, 3.63) is 40.1 Å². The quantitative estimate of drug-likeness (QED) is 0.883. The van der Waals surface area contributed by atoms with E-state index in [2.05, 4.69) is 47.0 Å². The lowest BCUT2D eigenvalue weighted by atomic mass is 10.2. The number of hydrogen-bond donors (Lipinski definition) is 1. The molecule has 2 rings (SSSR count). The van der Waals surface area contributed by atoms with Gasteiger partial charge in [0.05, 0.1) is 11.2 Å². The number of nitrogens with one attached hydrogen (secondary N) is 1. The minimum Gasteiger partial charge on any atom is -0.350 e. The zero-order chi connectivity index (χ0) is 12.3. The van der Waals surface area contributed by atoms with Crippen LogP contribution in [-0.4, -0.2) is 16.6 Å². The molecule has 4 heteroatoms. The summed E-state index contributed by atoms with van der Waals surface area (Å²) in [6, 6.07) is 4.69. The Bertz CT molecular complexity index is 472. The van der Waals surface area contributed by atoms with E-state index in [1.165, 1.54) is 16.3 Å². The second-order valence-corrected chi connectivity index (χ2v) is 5.19. The third kappa shape index (κ3) is 2.76. The van der Waals surface area contributed by atoms with E-state index in [4.69, 9.17) is 0 Å². The Labute approximate surface area is 107 Å². The lowest BCUT2D eigenvalue weighted by Crippen LogP contribution is -2.17. The molecule has 0 aliphatic carbocycles. The molecule has 1 unspecified atom stereocenters. The van der Waals surface area contributed by atoms with Crippen molar-refractivity contribution in [3.8, 4) is 0 Å². The van der Waals surface area contributed by atoms with Gasteiger partial charge in [-0.3, -0.25) is 0 Å². The Balaban J connectivity index is 2.04. The minimum absolute atomic E-state index is 0.396. The second-order valence-electron chi connectivity index (χ2n) is 4.25. The molecule has 0 saturated carbocycles. The molecular formula is C13H19N3S. The molecule has 0 aliphatic rings. The van der Waals surface area contributed by atoms with Crippen LogP contribution in [0.5, 0.6) is 0 Å². The largest absolute Gasteiger partial charge is 0.350 e. The van der Waals surface area contributed by atoms with Crippen LogP contribution >= 0.6 is 11.3 Å². The first-order chi connectivity index (χ1) is 8.22. The number of aryl methyl sites for hydroxylation is 3. The molecule has 92 valence electrons. The zero-order valence-corrected chi connectivity index (χ0v) is 11.4. The Morgan fingerprint density at radius 3 is 3.00 bits per heavy atom. The fourth-order valence-electron chi connectivity index (χ4n) is 1.96. The fraction of sp³-hybridized carbons (Fsp3) is 0.462. The molecule has 0 saturated heterocycles. The molecule has 1 atom stereocenters. The van der Waals surface area contributed by atoms with Crippen LogP contribution in [0.3, 0.4) is 0 Å². The van der Waals surface area contributed by atoms with Gasteiger partial charge in [-0.15, -0.1) is 11.3 Å². The zero-order valence-electron chi connectivity index (χ0n) is 10.6. The van der Waals surface area contributed by atoms with Gasteiger partial charge in [-0.1, -0.05) is 0 Å². The SMILES string of the molecule is CNC(C)c1cccn1CCc1scnc1C. The van der Waals surface area contributed by atoms with Crippen molar-refractivity contribution in [1.82, 2.24) is 14.9 Å². The Kier molecular flexibility index (Phi) is 3.97. The summed E-state index contributed by atoms with van der Waals surface area (Å²) in [7, 11) is 2.00. The lowest BCUT2D eigenvalue weighted by Gasteiger charge is -2.14. The van der Waals surface area contributed by atoms with E-state index in [0.717, 1.165) is 13.0 Å². The molecule has 0 bridgehead atoms. The minimum atomic E-state index is 0.396. The highest BCUT2D eigenvalue weighted by molar-refractivity contribution is 7.09. The molecular weight excluding hydrogens is 230 g/mol. The van der Waals surface area contributed by atoms with E-state index >= 15 is 0 Å². The van der Waals surface area contributed by atoms with Gasteiger partial charge in [-0.05, 0) is 33.0 Å². The van der Waals surface area contributed by atoms with Crippen molar-refractivity contribution in [3.63, 3.8) is 0 Å². The maximum Gasteiger partial charge on any atom is 0.0797 e. The van der Waals surface area contributed by atoms with Crippen LogP contribution < -0.4 is 5.32 Å². The summed E-state index contributed by atoms with van der Waals surface area (Å²) >= 11 is 1.75. The Hall–Kier alpha value is -1.13. The monoisotopic (exact) mass is 249 g/mol. The van der Waals surface area contributed by atoms with Crippen LogP contribution in [0.2, 0.25) is 0 Å². The summed E-state index contributed by atoms with van der Waals surface area (Å²) in [4.78, 5) is 5.68. The highest BCUT2D eigenvalue weighted by Crippen LogP contribution is 2.17. The van der Waals surface area contributed by atoms with Crippen molar-refractivity contribution < 1.29 is 0 Å². The molecule has 0 aliphatic heterocycles. The fourth-order valence-corrected chi connectivity index (χ4v) is 2.73. The molecule has 1 N–H and O–H groups in total. The van der Waals surface area contributed by atoms with Gasteiger partial charge in [0, 0.05) is 35.8 Å². The summed E-state index contributed by atoms with van der Waals surface area (Å²) in [5, 5.41) is 3.28. The van der Waals surface area contributed by atoms with E-state index < -0.39 is 0 Å². The molecule has 0 spiro atoms. The van der Waals surface area contributed by atoms with Crippen LogP contribution in [-0.2, 0) is 13.0 Å². The van der Waals surface area contributed by atoms with Gasteiger partial charge in [0.25, 0.3) is 0 Å². The maximum atomic E-state index is 4.29. The van der Waals surface area contributed by atoms with E-state index in [1.54, 1.807) is 11.3 Å². The number of hydrogen-bond acceptors (Lipinski definition) is 3. The van der Waals surface area contributed by atoms with Gasteiger partial charge in [-0.25, -0.2) is 4.98 Å². The predicted molar refractivity (Wildman–Crippen MR) is 72.5 cm³/mol. The molecule has 2 heterocycles. The normalized spacial score (nSPS) is 12.9. The molecule has 0 radical (unpaired) electrons. The first-order valence-corrected chi connectivity index (χ1v) is 6.81. The van der Waals surface area contributed by atoms with E-state index in [1.807, 2.05) is 12.6 Å². The first kappa shape index (κ1) is 12.3. The van der Waals surface area contributed by atoms with E-state index in [-0.39, 0.29) is 0 Å². The number of thiazole rings is 1. The number of rotatable bonds is 5. The summed E-state index contributed by atoms with van der Waals surface area (Å²) in [6.45, 7) is 5.29. The van der Waals surface area contributed by atoms with Crippen molar-refractivity contribution in [2.75, 3.05) is 7.05 Å². The molecule has 2 aromatic heterocycles. The van der Waals surface area contributed by atoms with Gasteiger partial charge in [0.2, 0.25) is 0 Å². The summed E-state index contributed by atoms with van der Waals surface area (Å²) in [5.41, 5.74) is 4.44. The predicted octanol–water partition coefficient (Wildman–Crippen LogP) is 2.78. The molecule has 2 aromatic rings. The van der Waals surface area contributed by atoms with Gasteiger partial charge in [-0.2, -0.15) is 0 Å². The third-order valence-electron chi connectivity index (χ3n) is 3.17.